The van der Waals surface area contributed by atoms with Crippen molar-refractivity contribution in [3.05, 3.63) is 0 Å². The fourth-order valence-electron chi connectivity index (χ4n) is 0.864. The Hall–Kier alpha value is -0.710. The van der Waals surface area contributed by atoms with Crippen LogP contribution in [0.5, 0.6) is 0 Å². The smallest absolute Gasteiger partial charge is 0.244 e. The zero-order valence-corrected chi connectivity index (χ0v) is 9.10. The Morgan fingerprint density at radius 2 is 2.00 bits per heavy atom. The van der Waals surface area contributed by atoms with Crippen LogP contribution in [0.1, 0.15) is 13.3 Å². The number of nitrogens with one attached hydrogen (secondary N) is 1. The first-order valence-corrected chi connectivity index (χ1v) is 4.73. The standard InChI is InChI=1S/C8H16N2O2S/c1-6(8(12)10(2)3)9-7(11)4-5-13/h6,13H,4-5H2,1-3H3,(H,9,11). The Labute approximate surface area is 84.1 Å². The van der Waals surface area contributed by atoms with Gasteiger partial charge in [-0.05, 0) is 12.7 Å². The van der Waals surface area contributed by atoms with Crippen LogP contribution in [-0.2, 0) is 9.59 Å². The van der Waals surface area contributed by atoms with Crippen LogP contribution in [0, 0.1) is 0 Å². The minimum absolute atomic E-state index is 0.104. The number of carbonyl (C=O) groups is 2. The molecule has 4 nitrogen and oxygen atoms in total. The first kappa shape index (κ1) is 12.3. The van der Waals surface area contributed by atoms with Gasteiger partial charge in [-0.2, -0.15) is 12.6 Å². The van der Waals surface area contributed by atoms with Gasteiger partial charge < -0.3 is 10.2 Å². The van der Waals surface area contributed by atoms with Crippen LogP contribution < -0.4 is 5.32 Å². The zero-order chi connectivity index (χ0) is 10.4. The number of hydrogen-bond acceptors (Lipinski definition) is 3. The molecule has 0 rings (SSSR count). The molecule has 0 bridgehead atoms. The molecule has 2 amide bonds. The van der Waals surface area contributed by atoms with Crippen molar-refractivity contribution in [1.29, 1.82) is 0 Å². The van der Waals surface area contributed by atoms with Crippen molar-refractivity contribution in [2.75, 3.05) is 19.8 Å². The third-order valence-electron chi connectivity index (χ3n) is 1.53. The highest BCUT2D eigenvalue weighted by Crippen LogP contribution is 1.91. The van der Waals surface area contributed by atoms with Crippen LogP contribution in [0.15, 0.2) is 0 Å². The largest absolute Gasteiger partial charge is 0.347 e. The van der Waals surface area contributed by atoms with Gasteiger partial charge in [0, 0.05) is 20.5 Å². The monoisotopic (exact) mass is 204 g/mol. The number of amides is 2. The van der Waals surface area contributed by atoms with E-state index in [2.05, 4.69) is 17.9 Å². The molecule has 76 valence electrons. The van der Waals surface area contributed by atoms with E-state index in [-0.39, 0.29) is 11.8 Å². The Balaban J connectivity index is 3.92. The van der Waals surface area contributed by atoms with E-state index in [0.717, 1.165) is 0 Å². The molecule has 1 atom stereocenters. The summed E-state index contributed by atoms with van der Waals surface area (Å²) in [6.45, 7) is 1.67. The maximum absolute atomic E-state index is 11.3. The van der Waals surface area contributed by atoms with Gasteiger partial charge in [-0.1, -0.05) is 0 Å². The minimum atomic E-state index is -0.456. The van der Waals surface area contributed by atoms with Crippen molar-refractivity contribution in [3.63, 3.8) is 0 Å². The molecule has 1 unspecified atom stereocenters. The van der Waals surface area contributed by atoms with Crippen LogP contribution in [0.2, 0.25) is 0 Å². The van der Waals surface area contributed by atoms with E-state index < -0.39 is 6.04 Å². The minimum Gasteiger partial charge on any atom is -0.347 e. The highest BCUT2D eigenvalue weighted by atomic mass is 32.1. The quantitative estimate of drug-likeness (QED) is 0.628. The Morgan fingerprint density at radius 3 is 2.38 bits per heavy atom. The van der Waals surface area contributed by atoms with Gasteiger partial charge in [0.15, 0.2) is 0 Å². The van der Waals surface area contributed by atoms with Crippen molar-refractivity contribution in [3.8, 4) is 0 Å². The summed E-state index contributed by atoms with van der Waals surface area (Å²) in [7, 11) is 3.31. The van der Waals surface area contributed by atoms with E-state index in [1.165, 1.54) is 4.90 Å². The molecule has 1 N–H and O–H groups in total. The first-order chi connectivity index (χ1) is 5.99. The number of nitrogens with zero attached hydrogens (tertiary/aromatic N) is 1. The van der Waals surface area contributed by atoms with Crippen molar-refractivity contribution < 1.29 is 9.59 Å². The van der Waals surface area contributed by atoms with Crippen molar-refractivity contribution in [2.45, 2.75) is 19.4 Å². The summed E-state index contributed by atoms with van der Waals surface area (Å²) in [5.74, 6) is 0.250. The summed E-state index contributed by atoms with van der Waals surface area (Å²) < 4.78 is 0. The van der Waals surface area contributed by atoms with E-state index in [4.69, 9.17) is 0 Å². The highest BCUT2D eigenvalue weighted by molar-refractivity contribution is 7.80. The number of carbonyl (C=O) groups excluding carboxylic acids is 2. The molecule has 0 aliphatic rings. The normalized spacial score (nSPS) is 12.0. The first-order valence-electron chi connectivity index (χ1n) is 4.10. The SMILES string of the molecule is CC(NC(=O)CCS)C(=O)N(C)C. The third-order valence-corrected chi connectivity index (χ3v) is 1.75. The molecule has 0 radical (unpaired) electrons. The molecule has 0 aromatic carbocycles. The van der Waals surface area contributed by atoms with Gasteiger partial charge in [-0.15, -0.1) is 0 Å². The number of hydrogen-bond donors (Lipinski definition) is 2. The maximum atomic E-state index is 11.3. The Bertz CT molecular complexity index is 195. The fourth-order valence-corrected chi connectivity index (χ4v) is 1.07. The lowest BCUT2D eigenvalue weighted by Gasteiger charge is -2.17. The predicted molar refractivity (Wildman–Crippen MR) is 54.8 cm³/mol. The molecule has 13 heavy (non-hydrogen) atoms. The molecule has 0 aliphatic carbocycles. The number of rotatable bonds is 4. The van der Waals surface area contributed by atoms with Crippen molar-refractivity contribution in [2.24, 2.45) is 0 Å². The summed E-state index contributed by atoms with van der Waals surface area (Å²) in [6.07, 6.45) is 0.341. The van der Waals surface area contributed by atoms with E-state index in [1.807, 2.05) is 0 Å². The molecule has 0 heterocycles. The van der Waals surface area contributed by atoms with E-state index in [9.17, 15) is 9.59 Å². The Morgan fingerprint density at radius 1 is 1.46 bits per heavy atom. The topological polar surface area (TPSA) is 49.4 Å². The number of thiol groups is 1. The lowest BCUT2D eigenvalue weighted by atomic mass is 10.3. The molecule has 0 aliphatic heterocycles. The molecular weight excluding hydrogens is 188 g/mol. The van der Waals surface area contributed by atoms with E-state index in [0.29, 0.717) is 12.2 Å². The van der Waals surface area contributed by atoms with Crippen molar-refractivity contribution >= 4 is 24.4 Å². The summed E-state index contributed by atoms with van der Waals surface area (Å²) in [5.41, 5.74) is 0. The van der Waals surface area contributed by atoms with E-state index >= 15 is 0 Å². The number of likely N-dealkylation sites (N-methyl/N-ethyl adjacent to an activating group) is 1. The molecule has 0 saturated heterocycles. The second-order valence-electron chi connectivity index (χ2n) is 3.00. The molecule has 0 aromatic heterocycles. The molecular formula is C8H16N2O2S. The predicted octanol–water partition coefficient (Wildman–Crippen LogP) is -0.101. The molecule has 0 fully saturated rings. The lowest BCUT2D eigenvalue weighted by molar-refractivity contribution is -0.133. The summed E-state index contributed by atoms with van der Waals surface area (Å²) in [6, 6.07) is -0.456. The van der Waals surface area contributed by atoms with Crippen LogP contribution in [0.25, 0.3) is 0 Å². The Kier molecular flexibility index (Phi) is 5.53. The summed E-state index contributed by atoms with van der Waals surface area (Å²) in [4.78, 5) is 23.8. The van der Waals surface area contributed by atoms with Crippen LogP contribution in [0.3, 0.4) is 0 Å². The van der Waals surface area contributed by atoms with Crippen LogP contribution in [0.4, 0.5) is 0 Å². The lowest BCUT2D eigenvalue weighted by Crippen LogP contribution is -2.44. The van der Waals surface area contributed by atoms with Gasteiger partial charge in [0.1, 0.15) is 6.04 Å². The summed E-state index contributed by atoms with van der Waals surface area (Å²) in [5, 5.41) is 2.58. The average molecular weight is 204 g/mol. The second-order valence-corrected chi connectivity index (χ2v) is 3.44. The van der Waals surface area contributed by atoms with Crippen LogP contribution in [-0.4, -0.2) is 42.6 Å². The van der Waals surface area contributed by atoms with Crippen molar-refractivity contribution in [1.82, 2.24) is 10.2 Å². The second kappa shape index (κ2) is 5.85. The molecule has 5 heteroatoms. The fraction of sp³-hybridized carbons (Fsp3) is 0.750. The van der Waals surface area contributed by atoms with E-state index in [1.54, 1.807) is 21.0 Å². The average Bonchev–Trinajstić information content (AvgIpc) is 2.03. The third kappa shape index (κ3) is 4.77. The maximum Gasteiger partial charge on any atom is 0.244 e. The zero-order valence-electron chi connectivity index (χ0n) is 8.20. The van der Waals surface area contributed by atoms with Gasteiger partial charge in [0.25, 0.3) is 0 Å². The van der Waals surface area contributed by atoms with Crippen LogP contribution >= 0.6 is 12.6 Å². The molecule has 0 saturated carbocycles. The van der Waals surface area contributed by atoms with Gasteiger partial charge in [0.05, 0.1) is 0 Å². The summed E-state index contributed by atoms with van der Waals surface area (Å²) >= 11 is 3.92. The van der Waals surface area contributed by atoms with Gasteiger partial charge in [-0.3, -0.25) is 9.59 Å². The van der Waals surface area contributed by atoms with Gasteiger partial charge in [0.2, 0.25) is 11.8 Å². The van der Waals surface area contributed by atoms with Gasteiger partial charge >= 0.3 is 0 Å². The molecule has 0 spiro atoms. The van der Waals surface area contributed by atoms with Gasteiger partial charge in [-0.25, -0.2) is 0 Å². The highest BCUT2D eigenvalue weighted by Gasteiger charge is 2.16. The molecule has 0 aromatic rings.